The van der Waals surface area contributed by atoms with Gasteiger partial charge in [-0.15, -0.1) is 0 Å². The van der Waals surface area contributed by atoms with Crippen molar-refractivity contribution in [3.05, 3.63) is 71.4 Å². The molecule has 28 heavy (non-hydrogen) atoms. The van der Waals surface area contributed by atoms with E-state index >= 15 is 0 Å². The molecule has 1 fully saturated rings. The number of halogens is 1. The Morgan fingerprint density at radius 3 is 2.50 bits per heavy atom. The number of anilines is 1. The van der Waals surface area contributed by atoms with E-state index in [0.29, 0.717) is 31.9 Å². The molecular weight excluding hydrogens is 381 g/mol. The van der Waals surface area contributed by atoms with E-state index in [1.165, 1.54) is 27.9 Å². The SMILES string of the molecule is O=C(C[NH+]1CCN(S(=O)(=O)/C=C/c2ccccc2)CC1)Nc1cccc(F)c1. The molecule has 0 atom stereocenters. The number of benzene rings is 2. The van der Waals surface area contributed by atoms with E-state index in [4.69, 9.17) is 0 Å². The predicted octanol–water partition coefficient (Wildman–Crippen LogP) is 0.965. The molecular formula is C20H23FN3O3S+. The molecule has 1 aliphatic rings. The first-order valence-electron chi connectivity index (χ1n) is 9.05. The first-order chi connectivity index (χ1) is 13.4. The summed E-state index contributed by atoms with van der Waals surface area (Å²) in [6.45, 7) is 1.99. The summed E-state index contributed by atoms with van der Waals surface area (Å²) in [6.07, 6.45) is 1.58. The van der Waals surface area contributed by atoms with Gasteiger partial charge in [0.25, 0.3) is 5.91 Å². The fourth-order valence-corrected chi connectivity index (χ4v) is 4.24. The van der Waals surface area contributed by atoms with Crippen LogP contribution in [0.4, 0.5) is 10.1 Å². The fraction of sp³-hybridized carbons (Fsp3) is 0.250. The number of carbonyl (C=O) groups excluding carboxylic acids is 1. The summed E-state index contributed by atoms with van der Waals surface area (Å²) in [5, 5.41) is 3.89. The zero-order valence-corrected chi connectivity index (χ0v) is 16.2. The summed E-state index contributed by atoms with van der Waals surface area (Å²) in [6, 6.07) is 15.0. The summed E-state index contributed by atoms with van der Waals surface area (Å²) < 4.78 is 39.6. The standard InChI is InChI=1S/C20H22FN3O3S/c21-18-7-4-8-19(15-18)22-20(25)16-23-10-12-24(13-11-23)28(26,27)14-9-17-5-2-1-3-6-17/h1-9,14-15H,10-13,16H2,(H,22,25)/p+1/b14-9+. The maximum Gasteiger partial charge on any atom is 0.279 e. The minimum Gasteiger partial charge on any atom is -0.325 e. The summed E-state index contributed by atoms with van der Waals surface area (Å²) >= 11 is 0. The molecule has 2 aromatic carbocycles. The number of hydrogen-bond acceptors (Lipinski definition) is 3. The Labute approximate surface area is 164 Å². The molecule has 0 spiro atoms. The van der Waals surface area contributed by atoms with E-state index < -0.39 is 15.8 Å². The summed E-state index contributed by atoms with van der Waals surface area (Å²) in [4.78, 5) is 13.1. The van der Waals surface area contributed by atoms with Crippen molar-refractivity contribution in [2.24, 2.45) is 0 Å². The van der Waals surface area contributed by atoms with Gasteiger partial charge in [0.15, 0.2) is 6.54 Å². The van der Waals surface area contributed by atoms with Gasteiger partial charge in [-0.05, 0) is 29.8 Å². The van der Waals surface area contributed by atoms with Gasteiger partial charge in [0.1, 0.15) is 5.82 Å². The predicted molar refractivity (Wildman–Crippen MR) is 107 cm³/mol. The highest BCUT2D eigenvalue weighted by atomic mass is 32.2. The lowest BCUT2D eigenvalue weighted by Crippen LogP contribution is -3.15. The molecule has 0 aliphatic carbocycles. The van der Waals surface area contributed by atoms with Gasteiger partial charge in [-0.25, -0.2) is 12.8 Å². The van der Waals surface area contributed by atoms with Crippen LogP contribution in [0.1, 0.15) is 5.56 Å². The van der Waals surface area contributed by atoms with Crippen molar-refractivity contribution in [3.63, 3.8) is 0 Å². The summed E-state index contributed by atoms with van der Waals surface area (Å²) in [5.74, 6) is -0.631. The lowest BCUT2D eigenvalue weighted by atomic mass is 10.2. The van der Waals surface area contributed by atoms with Gasteiger partial charge in [0.05, 0.1) is 26.2 Å². The van der Waals surface area contributed by atoms with Gasteiger partial charge < -0.3 is 10.2 Å². The van der Waals surface area contributed by atoms with E-state index in [1.54, 1.807) is 12.1 Å². The van der Waals surface area contributed by atoms with Gasteiger partial charge in [-0.3, -0.25) is 4.79 Å². The largest absolute Gasteiger partial charge is 0.325 e. The Morgan fingerprint density at radius 1 is 1.11 bits per heavy atom. The van der Waals surface area contributed by atoms with Crippen LogP contribution in [0.25, 0.3) is 6.08 Å². The number of amides is 1. The minimum atomic E-state index is -3.49. The van der Waals surface area contributed by atoms with Crippen LogP contribution in [-0.4, -0.2) is 51.4 Å². The second-order valence-electron chi connectivity index (χ2n) is 6.64. The zero-order valence-electron chi connectivity index (χ0n) is 15.3. The average molecular weight is 404 g/mol. The lowest BCUT2D eigenvalue weighted by Gasteiger charge is -2.30. The molecule has 1 heterocycles. The second-order valence-corrected chi connectivity index (χ2v) is 8.46. The van der Waals surface area contributed by atoms with Crippen molar-refractivity contribution in [3.8, 4) is 0 Å². The third kappa shape index (κ3) is 5.72. The molecule has 148 valence electrons. The highest BCUT2D eigenvalue weighted by molar-refractivity contribution is 7.92. The summed E-state index contributed by atoms with van der Waals surface area (Å²) in [5.41, 5.74) is 1.24. The van der Waals surface area contributed by atoms with Crippen LogP contribution in [0.2, 0.25) is 0 Å². The maximum absolute atomic E-state index is 13.2. The normalized spacial score (nSPS) is 16.3. The van der Waals surface area contributed by atoms with Crippen LogP contribution in [0.15, 0.2) is 60.0 Å². The number of nitrogens with zero attached hydrogens (tertiary/aromatic N) is 1. The van der Waals surface area contributed by atoms with Crippen LogP contribution in [0.3, 0.4) is 0 Å². The molecule has 0 aromatic heterocycles. The minimum absolute atomic E-state index is 0.213. The molecule has 0 unspecified atom stereocenters. The van der Waals surface area contributed by atoms with Crippen LogP contribution in [0.5, 0.6) is 0 Å². The van der Waals surface area contributed by atoms with Gasteiger partial charge in [0, 0.05) is 11.1 Å². The smallest absolute Gasteiger partial charge is 0.279 e. The molecule has 3 rings (SSSR count). The monoisotopic (exact) mass is 404 g/mol. The number of hydrogen-bond donors (Lipinski definition) is 2. The van der Waals surface area contributed by atoms with Crippen molar-refractivity contribution in [2.45, 2.75) is 0 Å². The number of nitrogens with one attached hydrogen (secondary N) is 2. The number of rotatable bonds is 6. The Hall–Kier alpha value is -2.55. The van der Waals surface area contributed by atoms with Crippen LogP contribution < -0.4 is 10.2 Å². The Bertz CT molecular complexity index is 940. The molecule has 1 saturated heterocycles. The first kappa shape index (κ1) is 20.2. The molecule has 0 saturated carbocycles. The van der Waals surface area contributed by atoms with Crippen LogP contribution in [-0.2, 0) is 14.8 Å². The first-order valence-corrected chi connectivity index (χ1v) is 10.5. The van der Waals surface area contributed by atoms with E-state index in [9.17, 15) is 17.6 Å². The highest BCUT2D eigenvalue weighted by Gasteiger charge is 2.28. The number of piperazine rings is 1. The zero-order chi connectivity index (χ0) is 20.0. The van der Waals surface area contributed by atoms with Crippen LogP contribution >= 0.6 is 0 Å². The summed E-state index contributed by atoms with van der Waals surface area (Å²) in [7, 11) is -3.49. The average Bonchev–Trinajstić information content (AvgIpc) is 2.68. The van der Waals surface area contributed by atoms with Gasteiger partial charge >= 0.3 is 0 Å². The Balaban J connectivity index is 1.49. The molecule has 2 aromatic rings. The number of carbonyl (C=O) groups is 1. The molecule has 2 N–H and O–H groups in total. The van der Waals surface area contributed by atoms with Crippen molar-refractivity contribution in [1.82, 2.24) is 4.31 Å². The number of quaternary nitrogens is 1. The second kappa shape index (κ2) is 9.09. The molecule has 1 aliphatic heterocycles. The van der Waals surface area contributed by atoms with E-state index in [0.717, 1.165) is 10.5 Å². The molecule has 8 heteroatoms. The third-order valence-corrected chi connectivity index (χ3v) is 6.11. The van der Waals surface area contributed by atoms with Gasteiger partial charge in [-0.1, -0.05) is 36.4 Å². The highest BCUT2D eigenvalue weighted by Crippen LogP contribution is 2.09. The molecule has 1 amide bonds. The van der Waals surface area contributed by atoms with Gasteiger partial charge in [-0.2, -0.15) is 4.31 Å². The van der Waals surface area contributed by atoms with Crippen molar-refractivity contribution < 1.29 is 22.5 Å². The third-order valence-electron chi connectivity index (χ3n) is 4.54. The van der Waals surface area contributed by atoms with Crippen molar-refractivity contribution in [2.75, 3.05) is 38.0 Å². The molecule has 0 radical (unpaired) electrons. The van der Waals surface area contributed by atoms with Crippen molar-refractivity contribution >= 4 is 27.7 Å². The van der Waals surface area contributed by atoms with E-state index in [1.807, 2.05) is 30.3 Å². The Morgan fingerprint density at radius 2 is 1.82 bits per heavy atom. The van der Waals surface area contributed by atoms with Gasteiger partial charge in [0.2, 0.25) is 10.0 Å². The fourth-order valence-electron chi connectivity index (χ4n) is 3.05. The maximum atomic E-state index is 13.2. The Kier molecular flexibility index (Phi) is 6.56. The number of sulfonamides is 1. The van der Waals surface area contributed by atoms with E-state index in [-0.39, 0.29) is 12.5 Å². The molecule has 0 bridgehead atoms. The van der Waals surface area contributed by atoms with E-state index in [2.05, 4.69) is 5.32 Å². The lowest BCUT2D eigenvalue weighted by molar-refractivity contribution is -0.895. The van der Waals surface area contributed by atoms with Crippen LogP contribution in [0, 0.1) is 5.82 Å². The van der Waals surface area contributed by atoms with Crippen molar-refractivity contribution in [1.29, 1.82) is 0 Å². The quantitative estimate of drug-likeness (QED) is 0.754. The molecule has 6 nitrogen and oxygen atoms in total. The topological polar surface area (TPSA) is 70.9 Å².